The van der Waals surface area contributed by atoms with Crippen molar-refractivity contribution in [3.05, 3.63) is 47.8 Å². The van der Waals surface area contributed by atoms with Crippen molar-refractivity contribution in [1.82, 2.24) is 24.8 Å². The topological polar surface area (TPSA) is 74.5 Å². The van der Waals surface area contributed by atoms with E-state index in [2.05, 4.69) is 39.5 Å². The first-order chi connectivity index (χ1) is 14.2. The molecule has 2 aromatic rings. The molecule has 1 atom stereocenters. The third-order valence-electron chi connectivity index (χ3n) is 6.15. The summed E-state index contributed by atoms with van der Waals surface area (Å²) >= 11 is 0. The predicted molar refractivity (Wildman–Crippen MR) is 111 cm³/mol. The minimum atomic E-state index is -0.194. The second-order valence-corrected chi connectivity index (χ2v) is 8.27. The lowest BCUT2D eigenvalue weighted by atomic mass is 9.99. The molecule has 2 aliphatic heterocycles. The summed E-state index contributed by atoms with van der Waals surface area (Å²) in [5.74, 6) is -0.0172. The molecule has 2 fully saturated rings. The third kappa shape index (κ3) is 5.22. The summed E-state index contributed by atoms with van der Waals surface area (Å²) < 4.78 is 1.78. The van der Waals surface area contributed by atoms with Gasteiger partial charge in [0.2, 0.25) is 0 Å². The van der Waals surface area contributed by atoms with Crippen molar-refractivity contribution in [3.8, 4) is 0 Å². The van der Waals surface area contributed by atoms with Gasteiger partial charge in [0.05, 0.1) is 12.3 Å². The number of piperidine rings is 2. The number of aliphatic hydroxyl groups excluding tert-OH is 1. The highest BCUT2D eigenvalue weighted by Crippen LogP contribution is 2.22. The van der Waals surface area contributed by atoms with Gasteiger partial charge >= 0.3 is 0 Å². The summed E-state index contributed by atoms with van der Waals surface area (Å²) in [5, 5.41) is 18.2. The molecule has 4 rings (SSSR count). The zero-order chi connectivity index (χ0) is 20.1. The first-order valence-corrected chi connectivity index (χ1v) is 10.8. The molecule has 156 valence electrons. The molecule has 7 heteroatoms. The molecule has 0 bridgehead atoms. The van der Waals surface area contributed by atoms with Crippen LogP contribution in [0.1, 0.15) is 48.2 Å². The van der Waals surface area contributed by atoms with Crippen LogP contribution in [0.5, 0.6) is 0 Å². The van der Waals surface area contributed by atoms with Crippen molar-refractivity contribution in [2.45, 2.75) is 57.2 Å². The van der Waals surface area contributed by atoms with Gasteiger partial charge in [-0.25, -0.2) is 0 Å². The van der Waals surface area contributed by atoms with Crippen LogP contribution in [0.4, 0.5) is 0 Å². The van der Waals surface area contributed by atoms with Crippen LogP contribution in [-0.4, -0.2) is 74.1 Å². The normalized spacial score (nSPS) is 21.4. The van der Waals surface area contributed by atoms with E-state index >= 15 is 0 Å². The number of carbonyl (C=O) groups is 1. The highest BCUT2D eigenvalue weighted by molar-refractivity contribution is 5.92. The number of nitrogens with zero attached hydrogens (tertiary/aromatic N) is 5. The number of aliphatic hydroxyl groups is 1. The monoisotopic (exact) mass is 397 g/mol. The van der Waals surface area contributed by atoms with E-state index in [1.807, 2.05) is 11.0 Å². The lowest BCUT2D eigenvalue weighted by Gasteiger charge is -2.41. The molecule has 0 unspecified atom stereocenters. The number of aryl methyl sites for hydroxylation is 2. The highest BCUT2D eigenvalue weighted by Gasteiger charge is 2.30. The second-order valence-electron chi connectivity index (χ2n) is 8.27. The maximum Gasteiger partial charge on any atom is 0.276 e. The van der Waals surface area contributed by atoms with E-state index in [1.165, 1.54) is 5.56 Å². The van der Waals surface area contributed by atoms with Gasteiger partial charge in [0.25, 0.3) is 5.91 Å². The third-order valence-corrected chi connectivity index (χ3v) is 6.15. The van der Waals surface area contributed by atoms with Crippen LogP contribution in [0.15, 0.2) is 36.5 Å². The molecule has 1 aromatic heterocycles. The number of aromatic nitrogens is 3. The van der Waals surface area contributed by atoms with Crippen molar-refractivity contribution >= 4 is 5.91 Å². The molecule has 1 aromatic carbocycles. The van der Waals surface area contributed by atoms with Gasteiger partial charge in [0, 0.05) is 32.2 Å². The highest BCUT2D eigenvalue weighted by atomic mass is 16.3. The van der Waals surface area contributed by atoms with Crippen molar-refractivity contribution in [3.63, 3.8) is 0 Å². The van der Waals surface area contributed by atoms with Crippen LogP contribution in [0.3, 0.4) is 0 Å². The van der Waals surface area contributed by atoms with E-state index < -0.39 is 0 Å². The van der Waals surface area contributed by atoms with Crippen LogP contribution >= 0.6 is 0 Å². The van der Waals surface area contributed by atoms with Crippen LogP contribution < -0.4 is 0 Å². The Balaban J connectivity index is 1.24. The molecular weight excluding hydrogens is 366 g/mol. The molecule has 2 saturated heterocycles. The van der Waals surface area contributed by atoms with E-state index in [1.54, 1.807) is 10.9 Å². The predicted octanol–water partition coefficient (Wildman–Crippen LogP) is 1.97. The number of hydrogen-bond donors (Lipinski definition) is 1. The van der Waals surface area contributed by atoms with E-state index in [9.17, 15) is 9.90 Å². The molecule has 7 nitrogen and oxygen atoms in total. The van der Waals surface area contributed by atoms with Crippen molar-refractivity contribution in [2.24, 2.45) is 0 Å². The van der Waals surface area contributed by atoms with E-state index in [4.69, 9.17) is 0 Å². The molecule has 0 radical (unpaired) electrons. The number of carbonyl (C=O) groups excluding carboxylic acids is 1. The zero-order valence-electron chi connectivity index (χ0n) is 17.0. The molecule has 3 heterocycles. The Bertz CT molecular complexity index is 786. The summed E-state index contributed by atoms with van der Waals surface area (Å²) in [6, 6.07) is 10.9. The maximum atomic E-state index is 12.8. The Morgan fingerprint density at radius 3 is 2.66 bits per heavy atom. The molecule has 0 spiro atoms. The fraction of sp³-hybridized carbons (Fsp3) is 0.591. The Morgan fingerprint density at radius 1 is 1.10 bits per heavy atom. The summed E-state index contributed by atoms with van der Waals surface area (Å²) in [5.41, 5.74) is 1.75. The average Bonchev–Trinajstić information content (AvgIpc) is 3.23. The van der Waals surface area contributed by atoms with Gasteiger partial charge in [-0.2, -0.15) is 0 Å². The summed E-state index contributed by atoms with van der Waals surface area (Å²) in [7, 11) is 0. The van der Waals surface area contributed by atoms with E-state index in [0.717, 1.165) is 71.2 Å². The quantitative estimate of drug-likeness (QED) is 0.807. The van der Waals surface area contributed by atoms with Gasteiger partial charge in [0.1, 0.15) is 0 Å². The lowest BCUT2D eigenvalue weighted by Crippen LogP contribution is -2.50. The van der Waals surface area contributed by atoms with E-state index in [0.29, 0.717) is 11.7 Å². The van der Waals surface area contributed by atoms with Crippen LogP contribution in [-0.2, 0) is 13.0 Å². The van der Waals surface area contributed by atoms with E-state index in [-0.39, 0.29) is 12.0 Å². The Hall–Kier alpha value is -2.25. The molecule has 1 amide bonds. The summed E-state index contributed by atoms with van der Waals surface area (Å²) in [6.07, 6.45) is 7.44. The van der Waals surface area contributed by atoms with Gasteiger partial charge in [-0.1, -0.05) is 35.5 Å². The molecule has 0 saturated carbocycles. The van der Waals surface area contributed by atoms with Crippen LogP contribution in [0.25, 0.3) is 0 Å². The number of amides is 1. The Kier molecular flexibility index (Phi) is 6.56. The Labute approximate surface area is 172 Å². The first-order valence-electron chi connectivity index (χ1n) is 10.8. The second kappa shape index (κ2) is 9.50. The molecule has 2 aliphatic rings. The molecular formula is C22H31N5O2. The van der Waals surface area contributed by atoms with Crippen molar-refractivity contribution in [1.29, 1.82) is 0 Å². The van der Waals surface area contributed by atoms with Gasteiger partial charge in [-0.15, -0.1) is 5.10 Å². The zero-order valence-corrected chi connectivity index (χ0v) is 17.0. The number of benzene rings is 1. The Morgan fingerprint density at radius 2 is 1.90 bits per heavy atom. The fourth-order valence-corrected chi connectivity index (χ4v) is 4.51. The van der Waals surface area contributed by atoms with Gasteiger partial charge in [0.15, 0.2) is 5.69 Å². The maximum absolute atomic E-state index is 12.8. The lowest BCUT2D eigenvalue weighted by molar-refractivity contribution is 0.0239. The first kappa shape index (κ1) is 20.0. The number of rotatable bonds is 6. The SMILES string of the molecule is O=C(c1cn(CCCc2ccccc2)nn1)N1CCC(N2CCC[C@H](O)C2)CC1. The van der Waals surface area contributed by atoms with Crippen molar-refractivity contribution in [2.75, 3.05) is 26.2 Å². The van der Waals surface area contributed by atoms with Crippen LogP contribution in [0, 0.1) is 0 Å². The average molecular weight is 398 g/mol. The number of β-amino-alcohol motifs (C(OH)–C–C–N with tert-alkyl or cyclic N) is 1. The minimum Gasteiger partial charge on any atom is -0.392 e. The van der Waals surface area contributed by atoms with Crippen LogP contribution in [0.2, 0.25) is 0 Å². The minimum absolute atomic E-state index is 0.0172. The van der Waals surface area contributed by atoms with Gasteiger partial charge < -0.3 is 10.0 Å². The number of likely N-dealkylation sites (tertiary alicyclic amines) is 2. The fourth-order valence-electron chi connectivity index (χ4n) is 4.51. The van der Waals surface area contributed by atoms with Gasteiger partial charge in [-0.3, -0.25) is 14.4 Å². The summed E-state index contributed by atoms with van der Waals surface area (Å²) in [6.45, 7) is 4.09. The molecule has 1 N–H and O–H groups in total. The van der Waals surface area contributed by atoms with Gasteiger partial charge in [-0.05, 0) is 50.6 Å². The standard InChI is InChI=1S/C22H31N5O2/c28-20-9-5-12-26(16-20)19-10-14-25(15-11-19)22(29)21-17-27(24-23-21)13-4-8-18-6-2-1-3-7-18/h1-3,6-7,17,19-20,28H,4-5,8-16H2/t20-/m0/s1. The molecule has 0 aliphatic carbocycles. The number of hydrogen-bond acceptors (Lipinski definition) is 5. The largest absolute Gasteiger partial charge is 0.392 e. The summed E-state index contributed by atoms with van der Waals surface area (Å²) in [4.78, 5) is 17.1. The van der Waals surface area contributed by atoms with Crippen molar-refractivity contribution < 1.29 is 9.90 Å². The molecule has 29 heavy (non-hydrogen) atoms. The smallest absolute Gasteiger partial charge is 0.276 e.